The maximum atomic E-state index is 2.25. The van der Waals surface area contributed by atoms with Crippen molar-refractivity contribution in [2.45, 2.75) is 13.8 Å². The molecule has 0 aromatic carbocycles. The predicted molar refractivity (Wildman–Crippen MR) is 23.0 cm³/mol. The van der Waals surface area contributed by atoms with Crippen molar-refractivity contribution >= 4 is 0 Å². The Balaban J connectivity index is 0. The Morgan fingerprint density at radius 1 is 1.17 bits per heavy atom. The van der Waals surface area contributed by atoms with Gasteiger partial charge in [-0.2, -0.15) is 0 Å². The van der Waals surface area contributed by atoms with Gasteiger partial charge in [-0.25, -0.2) is 0 Å². The molecule has 1 nitrogen and oxygen atoms in total. The summed E-state index contributed by atoms with van der Waals surface area (Å²) in [6.45, 7) is 6.75. The fourth-order valence-corrected chi connectivity index (χ4v) is 0.289. The van der Waals surface area contributed by atoms with Gasteiger partial charge in [0.15, 0.2) is 0 Å². The molecular formula is C4H12NTi+5. The molecule has 0 aliphatic rings. The predicted octanol–water partition coefficient (Wildman–Crippen LogP) is -0.413. The van der Waals surface area contributed by atoms with E-state index in [2.05, 4.69) is 19.2 Å². The summed E-state index contributed by atoms with van der Waals surface area (Å²) in [4.78, 5) is 0. The summed E-state index contributed by atoms with van der Waals surface area (Å²) in [5.41, 5.74) is 0. The van der Waals surface area contributed by atoms with Crippen molar-refractivity contribution in [3.05, 3.63) is 0 Å². The van der Waals surface area contributed by atoms with Crippen LogP contribution in [-0.2, 0) is 21.7 Å². The zero-order chi connectivity index (χ0) is 4.12. The smallest absolute Gasteiger partial charge is 0.347 e. The van der Waals surface area contributed by atoms with Crippen LogP contribution in [0.5, 0.6) is 0 Å². The Labute approximate surface area is 54.4 Å². The molecule has 0 atom stereocenters. The van der Waals surface area contributed by atoms with Gasteiger partial charge in [0.05, 0.1) is 13.1 Å². The van der Waals surface area contributed by atoms with Crippen LogP contribution in [0.25, 0.3) is 0 Å². The summed E-state index contributed by atoms with van der Waals surface area (Å²) in [6.07, 6.45) is 0. The molecule has 0 aliphatic carbocycles. The SMILES string of the molecule is CC[NH2+]CC.[Ti+4]. The van der Waals surface area contributed by atoms with Crippen LogP contribution < -0.4 is 5.32 Å². The molecular weight excluding hydrogens is 110 g/mol. The van der Waals surface area contributed by atoms with Crippen molar-refractivity contribution in [1.29, 1.82) is 0 Å². The molecule has 0 aliphatic heterocycles. The van der Waals surface area contributed by atoms with E-state index in [-0.39, 0.29) is 21.7 Å². The Morgan fingerprint density at radius 2 is 1.50 bits per heavy atom. The van der Waals surface area contributed by atoms with Gasteiger partial charge in [-0.1, -0.05) is 0 Å². The molecule has 0 saturated carbocycles. The molecule has 0 saturated heterocycles. The van der Waals surface area contributed by atoms with Gasteiger partial charge in [0.25, 0.3) is 0 Å². The number of nitrogens with two attached hydrogens (primary N) is 1. The molecule has 0 amide bonds. The molecule has 0 fully saturated rings. The van der Waals surface area contributed by atoms with E-state index in [0.29, 0.717) is 0 Å². The van der Waals surface area contributed by atoms with E-state index >= 15 is 0 Å². The van der Waals surface area contributed by atoms with Gasteiger partial charge in [-0.05, 0) is 13.8 Å². The molecule has 2 N–H and O–H groups in total. The Bertz CT molecular complexity index is 15.0. The van der Waals surface area contributed by atoms with Crippen LogP contribution in [0.3, 0.4) is 0 Å². The van der Waals surface area contributed by atoms with Crippen LogP contribution in [0.4, 0.5) is 0 Å². The molecule has 0 heterocycles. The fourth-order valence-electron chi connectivity index (χ4n) is 0.289. The minimum atomic E-state index is 0. The van der Waals surface area contributed by atoms with Crippen LogP contribution in [0.15, 0.2) is 0 Å². The normalized spacial score (nSPS) is 7.00. The van der Waals surface area contributed by atoms with E-state index < -0.39 is 0 Å². The third-order valence-corrected chi connectivity index (χ3v) is 0.577. The molecule has 0 spiro atoms. The van der Waals surface area contributed by atoms with E-state index in [1.165, 1.54) is 13.1 Å². The summed E-state index contributed by atoms with van der Waals surface area (Å²) in [7, 11) is 0. The van der Waals surface area contributed by atoms with Crippen molar-refractivity contribution in [1.82, 2.24) is 0 Å². The maximum absolute atomic E-state index is 2.25. The third kappa shape index (κ3) is 8.82. The van der Waals surface area contributed by atoms with E-state index in [4.69, 9.17) is 0 Å². The Kier molecular flexibility index (Phi) is 15.1. The van der Waals surface area contributed by atoms with Crippen LogP contribution in [0.2, 0.25) is 0 Å². The summed E-state index contributed by atoms with van der Waals surface area (Å²) in [5.74, 6) is 0. The first kappa shape index (κ1) is 9.84. The largest absolute Gasteiger partial charge is 4.00 e. The molecule has 0 rings (SSSR count). The van der Waals surface area contributed by atoms with Crippen LogP contribution >= 0.6 is 0 Å². The monoisotopic (exact) mass is 122 g/mol. The quantitative estimate of drug-likeness (QED) is 0.479. The molecule has 0 aromatic rings. The second kappa shape index (κ2) is 9.18. The number of hydrogen-bond acceptors (Lipinski definition) is 0. The summed E-state index contributed by atoms with van der Waals surface area (Å²) < 4.78 is 0. The van der Waals surface area contributed by atoms with E-state index in [9.17, 15) is 0 Å². The maximum Gasteiger partial charge on any atom is 4.00 e. The van der Waals surface area contributed by atoms with E-state index in [0.717, 1.165) is 0 Å². The number of rotatable bonds is 2. The van der Waals surface area contributed by atoms with E-state index in [1.54, 1.807) is 0 Å². The zero-order valence-electron chi connectivity index (χ0n) is 4.49. The van der Waals surface area contributed by atoms with Gasteiger partial charge in [-0.15, -0.1) is 0 Å². The van der Waals surface area contributed by atoms with Gasteiger partial charge < -0.3 is 5.32 Å². The minimum absolute atomic E-state index is 0. The summed E-state index contributed by atoms with van der Waals surface area (Å²) >= 11 is 0. The zero-order valence-corrected chi connectivity index (χ0v) is 6.05. The Morgan fingerprint density at radius 3 is 1.50 bits per heavy atom. The number of hydrogen-bond donors (Lipinski definition) is 1. The molecule has 0 unspecified atom stereocenters. The van der Waals surface area contributed by atoms with Gasteiger partial charge in [0.1, 0.15) is 0 Å². The van der Waals surface area contributed by atoms with Gasteiger partial charge in [0.2, 0.25) is 0 Å². The van der Waals surface area contributed by atoms with Crippen LogP contribution in [0, 0.1) is 0 Å². The molecule has 32 valence electrons. The van der Waals surface area contributed by atoms with Crippen LogP contribution in [0.1, 0.15) is 13.8 Å². The van der Waals surface area contributed by atoms with Crippen molar-refractivity contribution in [2.75, 3.05) is 13.1 Å². The Hall–Kier alpha value is 0.674. The van der Waals surface area contributed by atoms with Gasteiger partial charge >= 0.3 is 21.7 Å². The molecule has 6 heavy (non-hydrogen) atoms. The first-order chi connectivity index (χ1) is 2.41. The van der Waals surface area contributed by atoms with Crippen molar-refractivity contribution < 1.29 is 27.0 Å². The summed E-state index contributed by atoms with van der Waals surface area (Å²) in [5, 5.41) is 2.25. The van der Waals surface area contributed by atoms with Crippen LogP contribution in [-0.4, -0.2) is 13.1 Å². The van der Waals surface area contributed by atoms with E-state index in [1.807, 2.05) is 0 Å². The van der Waals surface area contributed by atoms with Gasteiger partial charge in [-0.3, -0.25) is 0 Å². The third-order valence-electron chi connectivity index (χ3n) is 0.577. The standard InChI is InChI=1S/C4H11N.Ti/c1-3-5-4-2;/h5H,3-4H2,1-2H3;/q;+4/p+1. The molecule has 0 aromatic heterocycles. The van der Waals surface area contributed by atoms with Crippen molar-refractivity contribution in [3.63, 3.8) is 0 Å². The second-order valence-electron chi connectivity index (χ2n) is 1.11. The summed E-state index contributed by atoms with van der Waals surface area (Å²) in [6, 6.07) is 0. The second-order valence-corrected chi connectivity index (χ2v) is 1.11. The minimum Gasteiger partial charge on any atom is -0.347 e. The van der Waals surface area contributed by atoms with Gasteiger partial charge in [0, 0.05) is 0 Å². The molecule has 0 radical (unpaired) electrons. The topological polar surface area (TPSA) is 16.6 Å². The van der Waals surface area contributed by atoms with Crippen molar-refractivity contribution in [2.24, 2.45) is 0 Å². The average Bonchev–Trinajstić information content (AvgIpc) is 1.41. The fraction of sp³-hybridized carbons (Fsp3) is 1.00. The first-order valence-electron chi connectivity index (χ1n) is 2.23. The molecule has 0 bridgehead atoms. The van der Waals surface area contributed by atoms with Crippen molar-refractivity contribution in [3.8, 4) is 0 Å². The first-order valence-corrected chi connectivity index (χ1v) is 2.23. The average molecular weight is 122 g/mol. The molecule has 2 heteroatoms. The number of quaternary nitrogens is 1.